The minimum atomic E-state index is -3.97. The summed E-state index contributed by atoms with van der Waals surface area (Å²) in [6.07, 6.45) is -1.11. The zero-order valence-electron chi connectivity index (χ0n) is 15.8. The van der Waals surface area contributed by atoms with Crippen molar-refractivity contribution < 1.29 is 17.9 Å². The second-order valence-electron chi connectivity index (χ2n) is 6.68. The van der Waals surface area contributed by atoms with Crippen molar-refractivity contribution >= 4 is 62.1 Å². The van der Waals surface area contributed by atoms with E-state index in [1.165, 1.54) is 30.3 Å². The van der Waals surface area contributed by atoms with Gasteiger partial charge in [-0.2, -0.15) is 0 Å². The molecule has 0 saturated carbocycles. The Labute approximate surface area is 194 Å². The number of anilines is 2. The molecule has 1 aliphatic rings. The van der Waals surface area contributed by atoms with E-state index in [4.69, 9.17) is 39.5 Å². The zero-order chi connectivity index (χ0) is 22.2. The predicted molar refractivity (Wildman–Crippen MR) is 122 cm³/mol. The van der Waals surface area contributed by atoms with Crippen molar-refractivity contribution in [2.45, 2.75) is 11.0 Å². The van der Waals surface area contributed by atoms with Crippen LogP contribution in [-0.4, -0.2) is 27.0 Å². The first-order valence-corrected chi connectivity index (χ1v) is 11.6. The summed E-state index contributed by atoms with van der Waals surface area (Å²) in [7, 11) is -3.97. The number of nitrogens with zero attached hydrogens (tertiary/aromatic N) is 1. The summed E-state index contributed by atoms with van der Waals surface area (Å²) in [4.78, 5) is 13.0. The smallest absolute Gasteiger partial charge is 0.267 e. The van der Waals surface area contributed by atoms with Gasteiger partial charge in [-0.05, 0) is 54.6 Å². The quantitative estimate of drug-likeness (QED) is 0.535. The van der Waals surface area contributed by atoms with Crippen molar-refractivity contribution in [1.29, 1.82) is 0 Å². The fraction of sp³-hybridized carbons (Fsp3) is 0.0952. The number of hydrogen-bond acceptors (Lipinski definition) is 4. The van der Waals surface area contributed by atoms with Crippen molar-refractivity contribution in [3.8, 4) is 5.75 Å². The molecule has 3 aromatic rings. The van der Waals surface area contributed by atoms with Gasteiger partial charge >= 0.3 is 0 Å². The average Bonchev–Trinajstić information content (AvgIpc) is 2.75. The van der Waals surface area contributed by atoms with Gasteiger partial charge in [0, 0.05) is 10.0 Å². The Kier molecular flexibility index (Phi) is 6.03. The number of carbonyl (C=O) groups excluding carboxylic acids is 1. The molecule has 0 aliphatic carbocycles. The molecule has 0 saturated heterocycles. The highest BCUT2D eigenvalue weighted by Crippen LogP contribution is 2.37. The maximum Gasteiger partial charge on any atom is 0.267 e. The Bertz CT molecular complexity index is 1250. The summed E-state index contributed by atoms with van der Waals surface area (Å²) in [5.74, 6) is -0.274. The molecule has 0 radical (unpaired) electrons. The van der Waals surface area contributed by atoms with Crippen molar-refractivity contribution in [1.82, 2.24) is 0 Å². The summed E-state index contributed by atoms with van der Waals surface area (Å²) in [5.41, 5.74) is 0.677. The summed E-state index contributed by atoms with van der Waals surface area (Å²) < 4.78 is 33.6. The number of fused-ring (bicyclic) bond motifs is 1. The van der Waals surface area contributed by atoms with Crippen LogP contribution in [0.25, 0.3) is 0 Å². The lowest BCUT2D eigenvalue weighted by Crippen LogP contribution is -2.48. The monoisotopic (exact) mass is 496 g/mol. The standard InChI is InChI=1S/C21H15Cl3N2O4S/c22-13-5-8-15(9-6-13)31(28,29)26-12-20(30-19-4-2-1-3-18(19)26)21(27)25-17-10-7-14(23)11-16(17)24/h1-11,20H,12H2,(H,25,27). The lowest BCUT2D eigenvalue weighted by Gasteiger charge is -2.34. The van der Waals surface area contributed by atoms with E-state index in [2.05, 4.69) is 5.32 Å². The molecular formula is C21H15Cl3N2O4S. The highest BCUT2D eigenvalue weighted by molar-refractivity contribution is 7.92. The maximum absolute atomic E-state index is 13.3. The van der Waals surface area contributed by atoms with Crippen molar-refractivity contribution in [3.05, 3.63) is 81.8 Å². The Morgan fingerprint density at radius 1 is 0.968 bits per heavy atom. The van der Waals surface area contributed by atoms with Gasteiger partial charge in [-0.3, -0.25) is 9.10 Å². The molecule has 4 rings (SSSR count). The lowest BCUT2D eigenvalue weighted by atomic mass is 10.2. The molecule has 0 spiro atoms. The molecule has 1 amide bonds. The molecule has 10 heteroatoms. The van der Waals surface area contributed by atoms with Gasteiger partial charge in [-0.1, -0.05) is 46.9 Å². The fourth-order valence-corrected chi connectivity index (χ4v) is 5.16. The summed E-state index contributed by atoms with van der Waals surface area (Å²) in [5, 5.41) is 3.75. The molecule has 1 heterocycles. The minimum Gasteiger partial charge on any atom is -0.476 e. The van der Waals surface area contributed by atoms with Crippen LogP contribution in [0.1, 0.15) is 0 Å². The molecule has 1 atom stereocenters. The van der Waals surface area contributed by atoms with E-state index >= 15 is 0 Å². The molecular weight excluding hydrogens is 483 g/mol. The van der Waals surface area contributed by atoms with Crippen LogP contribution < -0.4 is 14.4 Å². The van der Waals surface area contributed by atoms with Gasteiger partial charge < -0.3 is 10.1 Å². The predicted octanol–water partition coefficient (Wildman–Crippen LogP) is 5.24. The number of benzene rings is 3. The Morgan fingerprint density at radius 3 is 2.35 bits per heavy atom. The third-order valence-corrected chi connectivity index (χ3v) is 7.21. The van der Waals surface area contributed by atoms with Crippen molar-refractivity contribution in [2.75, 3.05) is 16.2 Å². The third kappa shape index (κ3) is 4.45. The van der Waals surface area contributed by atoms with E-state index < -0.39 is 22.0 Å². The molecule has 31 heavy (non-hydrogen) atoms. The fourth-order valence-electron chi connectivity index (χ4n) is 3.10. The molecule has 1 N–H and O–H groups in total. The van der Waals surface area contributed by atoms with E-state index in [9.17, 15) is 13.2 Å². The molecule has 160 valence electrons. The SMILES string of the molecule is O=C(Nc1ccc(Cl)cc1Cl)C1CN(S(=O)(=O)c2ccc(Cl)cc2)c2ccccc2O1. The first kappa shape index (κ1) is 21.8. The van der Waals surface area contributed by atoms with E-state index in [-0.39, 0.29) is 22.2 Å². The third-order valence-electron chi connectivity index (χ3n) is 4.62. The van der Waals surface area contributed by atoms with Gasteiger partial charge in [0.15, 0.2) is 6.10 Å². The Morgan fingerprint density at radius 2 is 1.65 bits per heavy atom. The highest BCUT2D eigenvalue weighted by atomic mass is 35.5. The number of hydrogen-bond donors (Lipinski definition) is 1. The van der Waals surface area contributed by atoms with Crippen LogP contribution in [-0.2, 0) is 14.8 Å². The highest BCUT2D eigenvalue weighted by Gasteiger charge is 2.37. The molecule has 3 aromatic carbocycles. The topological polar surface area (TPSA) is 75.7 Å². The Hall–Kier alpha value is -2.45. The maximum atomic E-state index is 13.3. The van der Waals surface area contributed by atoms with E-state index in [1.54, 1.807) is 36.4 Å². The van der Waals surface area contributed by atoms with Crippen LogP contribution >= 0.6 is 34.8 Å². The molecule has 0 bridgehead atoms. The number of para-hydroxylation sites is 2. The second-order valence-corrected chi connectivity index (χ2v) is 9.82. The first-order valence-electron chi connectivity index (χ1n) is 9.05. The van der Waals surface area contributed by atoms with Crippen LogP contribution in [0, 0.1) is 0 Å². The number of carbonyl (C=O) groups is 1. The second kappa shape index (κ2) is 8.59. The van der Waals surface area contributed by atoms with Gasteiger partial charge in [0.2, 0.25) is 0 Å². The van der Waals surface area contributed by atoms with Crippen LogP contribution in [0.5, 0.6) is 5.75 Å². The van der Waals surface area contributed by atoms with Crippen LogP contribution in [0.15, 0.2) is 71.6 Å². The number of nitrogens with one attached hydrogen (secondary N) is 1. The van der Waals surface area contributed by atoms with Crippen LogP contribution in [0.4, 0.5) is 11.4 Å². The van der Waals surface area contributed by atoms with Crippen LogP contribution in [0.2, 0.25) is 15.1 Å². The lowest BCUT2D eigenvalue weighted by molar-refractivity contribution is -0.122. The molecule has 1 unspecified atom stereocenters. The number of rotatable bonds is 4. The molecule has 6 nitrogen and oxygen atoms in total. The van der Waals surface area contributed by atoms with E-state index in [1.807, 2.05) is 0 Å². The Balaban J connectivity index is 1.67. The summed E-state index contributed by atoms with van der Waals surface area (Å²) in [6, 6.07) is 17.1. The first-order chi connectivity index (χ1) is 14.8. The molecule has 1 aliphatic heterocycles. The van der Waals surface area contributed by atoms with Gasteiger partial charge in [-0.25, -0.2) is 8.42 Å². The zero-order valence-corrected chi connectivity index (χ0v) is 18.8. The van der Waals surface area contributed by atoms with Crippen molar-refractivity contribution in [3.63, 3.8) is 0 Å². The van der Waals surface area contributed by atoms with Gasteiger partial charge in [0.25, 0.3) is 15.9 Å². The van der Waals surface area contributed by atoms with Crippen LogP contribution in [0.3, 0.4) is 0 Å². The van der Waals surface area contributed by atoms with Gasteiger partial charge in [-0.15, -0.1) is 0 Å². The minimum absolute atomic E-state index is 0.0495. The number of amides is 1. The normalized spacial score (nSPS) is 15.7. The van der Waals surface area contributed by atoms with E-state index in [0.717, 1.165) is 4.31 Å². The number of halogens is 3. The molecule has 0 aromatic heterocycles. The molecule has 0 fully saturated rings. The van der Waals surface area contributed by atoms with Gasteiger partial charge in [0.1, 0.15) is 5.75 Å². The van der Waals surface area contributed by atoms with Crippen molar-refractivity contribution in [2.24, 2.45) is 0 Å². The number of ether oxygens (including phenoxy) is 1. The summed E-state index contributed by atoms with van der Waals surface area (Å²) in [6.45, 7) is -0.223. The van der Waals surface area contributed by atoms with E-state index in [0.29, 0.717) is 21.4 Å². The average molecular weight is 498 g/mol. The number of sulfonamides is 1. The van der Waals surface area contributed by atoms with Gasteiger partial charge in [0.05, 0.1) is 27.8 Å². The summed E-state index contributed by atoms with van der Waals surface area (Å²) >= 11 is 17.9. The largest absolute Gasteiger partial charge is 0.476 e.